The summed E-state index contributed by atoms with van der Waals surface area (Å²) in [5.74, 6) is 0.903. The van der Waals surface area contributed by atoms with Gasteiger partial charge in [-0.3, -0.25) is 4.79 Å². The zero-order valence-corrected chi connectivity index (χ0v) is 12.5. The molecule has 2 aromatic carbocycles. The Morgan fingerprint density at radius 3 is 2.82 bits per heavy atom. The van der Waals surface area contributed by atoms with Crippen molar-refractivity contribution in [1.29, 1.82) is 0 Å². The number of halogens is 1. The van der Waals surface area contributed by atoms with E-state index in [1.807, 2.05) is 36.4 Å². The van der Waals surface area contributed by atoms with Gasteiger partial charge in [0, 0.05) is 10.6 Å². The third kappa shape index (κ3) is 2.16. The number of aliphatic imine (C=N–C) groups is 1. The van der Waals surface area contributed by atoms with E-state index in [0.717, 1.165) is 22.6 Å². The molecule has 110 valence electrons. The van der Waals surface area contributed by atoms with Crippen LogP contribution in [0.2, 0.25) is 5.02 Å². The molecule has 0 radical (unpaired) electrons. The van der Waals surface area contributed by atoms with Crippen LogP contribution in [0, 0.1) is 0 Å². The van der Waals surface area contributed by atoms with Gasteiger partial charge in [-0.25, -0.2) is 4.99 Å². The third-order valence-electron chi connectivity index (χ3n) is 4.05. The molecule has 0 aromatic heterocycles. The SMILES string of the molecule is O=C1CN2C(=Nc3cc(Cl)ccc3[C@H]2c2ccccc2)CN1. The van der Waals surface area contributed by atoms with Gasteiger partial charge in [-0.05, 0) is 17.7 Å². The van der Waals surface area contributed by atoms with E-state index in [0.29, 0.717) is 18.1 Å². The van der Waals surface area contributed by atoms with E-state index in [1.54, 1.807) is 0 Å². The van der Waals surface area contributed by atoms with Crippen molar-refractivity contribution in [2.45, 2.75) is 6.04 Å². The first-order chi connectivity index (χ1) is 10.7. The van der Waals surface area contributed by atoms with Gasteiger partial charge < -0.3 is 10.2 Å². The van der Waals surface area contributed by atoms with E-state index in [1.165, 1.54) is 0 Å². The van der Waals surface area contributed by atoms with Crippen LogP contribution in [0.1, 0.15) is 17.2 Å². The average Bonchev–Trinajstić information content (AvgIpc) is 2.53. The minimum Gasteiger partial charge on any atom is -0.347 e. The van der Waals surface area contributed by atoms with Crippen molar-refractivity contribution in [2.75, 3.05) is 13.1 Å². The Bertz CT molecular complexity index is 773. The summed E-state index contributed by atoms with van der Waals surface area (Å²) in [6.45, 7) is 0.772. The number of nitrogens with one attached hydrogen (secondary N) is 1. The number of carbonyl (C=O) groups is 1. The standard InChI is InChI=1S/C17H14ClN3O/c18-12-6-7-13-14(8-12)20-15-9-19-16(22)10-21(15)17(13)11-4-2-1-3-5-11/h1-8,17H,9-10H2,(H,19,22)/t17-/m1/s1. The molecule has 2 aliphatic heterocycles. The number of nitrogens with zero attached hydrogens (tertiary/aromatic N) is 2. The van der Waals surface area contributed by atoms with Gasteiger partial charge in [0.25, 0.3) is 0 Å². The molecule has 1 fully saturated rings. The number of rotatable bonds is 1. The molecule has 2 aliphatic rings. The van der Waals surface area contributed by atoms with Gasteiger partial charge in [0.1, 0.15) is 5.84 Å². The highest BCUT2D eigenvalue weighted by Crippen LogP contribution is 2.40. The quantitative estimate of drug-likeness (QED) is 0.880. The summed E-state index contributed by atoms with van der Waals surface area (Å²) in [6.07, 6.45) is 0. The molecular weight excluding hydrogens is 298 g/mol. The number of amidine groups is 1. The predicted octanol–water partition coefficient (Wildman–Crippen LogP) is 2.90. The van der Waals surface area contributed by atoms with Crippen molar-refractivity contribution < 1.29 is 4.79 Å². The molecule has 0 unspecified atom stereocenters. The monoisotopic (exact) mass is 311 g/mol. The number of carbonyl (C=O) groups excluding carboxylic acids is 1. The van der Waals surface area contributed by atoms with Crippen LogP contribution in [0.25, 0.3) is 0 Å². The highest BCUT2D eigenvalue weighted by atomic mass is 35.5. The number of amides is 1. The molecule has 0 aliphatic carbocycles. The zero-order valence-electron chi connectivity index (χ0n) is 11.8. The van der Waals surface area contributed by atoms with Crippen molar-refractivity contribution in [3.8, 4) is 0 Å². The predicted molar refractivity (Wildman–Crippen MR) is 86.5 cm³/mol. The molecule has 1 N–H and O–H groups in total. The molecule has 4 nitrogen and oxygen atoms in total. The average molecular weight is 312 g/mol. The summed E-state index contributed by atoms with van der Waals surface area (Å²) in [6, 6.07) is 15.9. The molecule has 2 heterocycles. The van der Waals surface area contributed by atoms with E-state index in [-0.39, 0.29) is 11.9 Å². The number of hydrogen-bond acceptors (Lipinski definition) is 3. The van der Waals surface area contributed by atoms with E-state index < -0.39 is 0 Å². The Hall–Kier alpha value is -2.33. The Kier molecular flexibility index (Phi) is 3.12. The first-order valence-corrected chi connectivity index (χ1v) is 7.55. The minimum atomic E-state index is -0.00739. The second-order valence-electron chi connectivity index (χ2n) is 5.45. The van der Waals surface area contributed by atoms with Crippen molar-refractivity contribution in [3.05, 3.63) is 64.7 Å². The first-order valence-electron chi connectivity index (χ1n) is 7.18. The van der Waals surface area contributed by atoms with Crippen molar-refractivity contribution >= 4 is 29.0 Å². The Morgan fingerprint density at radius 1 is 1.18 bits per heavy atom. The van der Waals surface area contributed by atoms with Crippen LogP contribution in [-0.2, 0) is 4.79 Å². The molecule has 4 rings (SSSR count). The number of benzene rings is 2. The maximum absolute atomic E-state index is 11.8. The second kappa shape index (κ2) is 5.14. The highest BCUT2D eigenvalue weighted by molar-refractivity contribution is 6.30. The van der Waals surface area contributed by atoms with Crippen LogP contribution >= 0.6 is 11.6 Å². The highest BCUT2D eigenvalue weighted by Gasteiger charge is 2.34. The molecule has 22 heavy (non-hydrogen) atoms. The van der Waals surface area contributed by atoms with E-state index in [4.69, 9.17) is 11.6 Å². The number of hydrogen-bond donors (Lipinski definition) is 1. The van der Waals surface area contributed by atoms with E-state index >= 15 is 0 Å². The number of piperazine rings is 1. The molecule has 1 saturated heterocycles. The fourth-order valence-electron chi connectivity index (χ4n) is 3.07. The normalized spacial score (nSPS) is 19.9. The minimum absolute atomic E-state index is 0.00739. The van der Waals surface area contributed by atoms with E-state index in [9.17, 15) is 4.79 Å². The fourth-order valence-corrected chi connectivity index (χ4v) is 3.24. The van der Waals surface area contributed by atoms with Gasteiger partial charge in [-0.15, -0.1) is 0 Å². The van der Waals surface area contributed by atoms with Crippen molar-refractivity contribution in [1.82, 2.24) is 10.2 Å². The lowest BCUT2D eigenvalue weighted by Crippen LogP contribution is -2.53. The summed E-state index contributed by atoms with van der Waals surface area (Å²) in [5, 5.41) is 3.52. The van der Waals surface area contributed by atoms with Gasteiger partial charge in [0.2, 0.25) is 5.91 Å². The first kappa shape index (κ1) is 13.3. The summed E-state index contributed by atoms with van der Waals surface area (Å²) < 4.78 is 0. The summed E-state index contributed by atoms with van der Waals surface area (Å²) >= 11 is 6.12. The van der Waals surface area contributed by atoms with E-state index in [2.05, 4.69) is 27.3 Å². The molecule has 2 aromatic rings. The Morgan fingerprint density at radius 2 is 2.00 bits per heavy atom. The maximum atomic E-state index is 11.8. The Labute approximate surface area is 133 Å². The summed E-state index contributed by atoms with van der Waals surface area (Å²) in [4.78, 5) is 18.6. The van der Waals surface area contributed by atoms with Gasteiger partial charge in [0.05, 0.1) is 24.8 Å². The maximum Gasteiger partial charge on any atom is 0.239 e. The topological polar surface area (TPSA) is 44.7 Å². The van der Waals surface area contributed by atoms with Crippen LogP contribution in [0.15, 0.2) is 53.5 Å². The molecule has 1 atom stereocenters. The van der Waals surface area contributed by atoms with Crippen LogP contribution in [-0.4, -0.2) is 29.7 Å². The number of fused-ring (bicyclic) bond motifs is 2. The van der Waals surface area contributed by atoms with Crippen molar-refractivity contribution in [2.24, 2.45) is 4.99 Å². The van der Waals surface area contributed by atoms with Gasteiger partial charge in [-0.1, -0.05) is 48.0 Å². The third-order valence-corrected chi connectivity index (χ3v) is 4.29. The van der Waals surface area contributed by atoms with Gasteiger partial charge >= 0.3 is 0 Å². The van der Waals surface area contributed by atoms with Gasteiger partial charge in [0.15, 0.2) is 0 Å². The smallest absolute Gasteiger partial charge is 0.239 e. The molecule has 1 amide bonds. The lowest BCUT2D eigenvalue weighted by Gasteiger charge is -2.40. The second-order valence-corrected chi connectivity index (χ2v) is 5.89. The van der Waals surface area contributed by atoms with Crippen LogP contribution < -0.4 is 5.32 Å². The largest absolute Gasteiger partial charge is 0.347 e. The molecule has 0 spiro atoms. The lowest BCUT2D eigenvalue weighted by atomic mass is 9.93. The Balaban J connectivity index is 1.90. The van der Waals surface area contributed by atoms with Crippen molar-refractivity contribution in [3.63, 3.8) is 0 Å². The lowest BCUT2D eigenvalue weighted by molar-refractivity contribution is -0.122. The van der Waals surface area contributed by atoms with Gasteiger partial charge in [-0.2, -0.15) is 0 Å². The summed E-state index contributed by atoms with van der Waals surface area (Å²) in [5.41, 5.74) is 3.10. The molecular formula is C17H14ClN3O. The molecule has 0 saturated carbocycles. The van der Waals surface area contributed by atoms with Crippen LogP contribution in [0.5, 0.6) is 0 Å². The fraction of sp³-hybridized carbons (Fsp3) is 0.176. The summed E-state index contributed by atoms with van der Waals surface area (Å²) in [7, 11) is 0. The van der Waals surface area contributed by atoms with Crippen LogP contribution in [0.4, 0.5) is 5.69 Å². The van der Waals surface area contributed by atoms with Crippen LogP contribution in [0.3, 0.4) is 0 Å². The molecule has 5 heteroatoms. The zero-order chi connectivity index (χ0) is 15.1. The molecule has 0 bridgehead atoms.